The summed E-state index contributed by atoms with van der Waals surface area (Å²) >= 11 is 17.8. The number of benzene rings is 1. The van der Waals surface area contributed by atoms with Gasteiger partial charge in [-0.2, -0.15) is 0 Å². The number of pyridine rings is 1. The van der Waals surface area contributed by atoms with Gasteiger partial charge in [-0.05, 0) is 18.2 Å². The van der Waals surface area contributed by atoms with E-state index in [0.717, 1.165) is 6.42 Å². The molecule has 8 heteroatoms. The van der Waals surface area contributed by atoms with Crippen molar-refractivity contribution < 1.29 is 9.53 Å². The number of urea groups is 1. The van der Waals surface area contributed by atoms with Crippen molar-refractivity contribution in [3.8, 4) is 5.75 Å². The third kappa shape index (κ3) is 4.04. The Labute approximate surface area is 154 Å². The van der Waals surface area contributed by atoms with Crippen LogP contribution in [0.4, 0.5) is 10.5 Å². The zero-order valence-corrected chi connectivity index (χ0v) is 14.8. The third-order valence-electron chi connectivity index (χ3n) is 3.63. The Morgan fingerprint density at radius 1 is 1.21 bits per heavy atom. The summed E-state index contributed by atoms with van der Waals surface area (Å²) in [6, 6.07) is 6.46. The number of hydrogen-bond donors (Lipinski definition) is 1. The number of carbonyl (C=O) groups is 1. The summed E-state index contributed by atoms with van der Waals surface area (Å²) in [6.45, 7) is 1.08. The van der Waals surface area contributed by atoms with Gasteiger partial charge in [-0.25, -0.2) is 4.79 Å². The molecule has 1 N–H and O–H groups in total. The van der Waals surface area contributed by atoms with Crippen molar-refractivity contribution in [3.63, 3.8) is 0 Å². The van der Waals surface area contributed by atoms with Crippen LogP contribution < -0.4 is 10.1 Å². The molecule has 1 aliphatic rings. The highest BCUT2D eigenvalue weighted by Crippen LogP contribution is 2.27. The van der Waals surface area contributed by atoms with Crippen LogP contribution in [-0.4, -0.2) is 35.1 Å². The molecule has 0 bridgehead atoms. The molecule has 1 saturated heterocycles. The number of amides is 2. The summed E-state index contributed by atoms with van der Waals surface area (Å²) in [7, 11) is 0. The van der Waals surface area contributed by atoms with Gasteiger partial charge in [0.05, 0.1) is 16.6 Å². The van der Waals surface area contributed by atoms with Gasteiger partial charge in [0.25, 0.3) is 0 Å². The maximum absolute atomic E-state index is 12.3. The smallest absolute Gasteiger partial charge is 0.321 e. The summed E-state index contributed by atoms with van der Waals surface area (Å²) in [6.07, 6.45) is 3.77. The maximum Gasteiger partial charge on any atom is 0.321 e. The van der Waals surface area contributed by atoms with Crippen LogP contribution in [0.5, 0.6) is 5.75 Å². The second-order valence-corrected chi connectivity index (χ2v) is 6.56. The molecule has 126 valence electrons. The zero-order chi connectivity index (χ0) is 17.1. The fraction of sp³-hybridized carbons (Fsp3) is 0.250. The third-order valence-corrected chi connectivity index (χ3v) is 4.65. The number of nitrogens with one attached hydrogen (secondary N) is 1. The Hall–Kier alpha value is -1.69. The lowest BCUT2D eigenvalue weighted by Gasteiger charge is -2.18. The first kappa shape index (κ1) is 17.1. The van der Waals surface area contributed by atoms with E-state index in [2.05, 4.69) is 10.3 Å². The number of anilines is 1. The summed E-state index contributed by atoms with van der Waals surface area (Å²) in [5.41, 5.74) is 0.593. The number of nitrogens with zero attached hydrogens (tertiary/aromatic N) is 2. The second-order valence-electron chi connectivity index (χ2n) is 5.34. The minimum atomic E-state index is -0.208. The number of aromatic nitrogens is 1. The highest BCUT2D eigenvalue weighted by molar-refractivity contribution is 6.42. The fourth-order valence-electron chi connectivity index (χ4n) is 2.42. The molecule has 1 atom stereocenters. The average molecular weight is 387 g/mol. The fourth-order valence-corrected chi connectivity index (χ4v) is 2.88. The maximum atomic E-state index is 12.3. The highest BCUT2D eigenvalue weighted by atomic mass is 35.5. The van der Waals surface area contributed by atoms with Gasteiger partial charge in [-0.1, -0.05) is 34.8 Å². The summed E-state index contributed by atoms with van der Waals surface area (Å²) in [5, 5.41) is 4.09. The van der Waals surface area contributed by atoms with Crippen LogP contribution in [0.1, 0.15) is 6.42 Å². The van der Waals surface area contributed by atoms with E-state index >= 15 is 0 Å². The van der Waals surface area contributed by atoms with E-state index in [-0.39, 0.29) is 12.1 Å². The van der Waals surface area contributed by atoms with E-state index in [4.69, 9.17) is 39.5 Å². The van der Waals surface area contributed by atoms with Crippen molar-refractivity contribution in [2.75, 3.05) is 18.4 Å². The van der Waals surface area contributed by atoms with Gasteiger partial charge in [-0.15, -0.1) is 0 Å². The van der Waals surface area contributed by atoms with E-state index < -0.39 is 0 Å². The Bertz CT molecular complexity index is 757. The summed E-state index contributed by atoms with van der Waals surface area (Å²) in [5.74, 6) is 0.573. The quantitative estimate of drug-likeness (QED) is 0.830. The van der Waals surface area contributed by atoms with E-state index in [1.54, 1.807) is 35.4 Å². The Kier molecular flexibility index (Phi) is 5.33. The summed E-state index contributed by atoms with van der Waals surface area (Å²) < 4.78 is 5.84. The van der Waals surface area contributed by atoms with Gasteiger partial charge < -0.3 is 15.0 Å². The van der Waals surface area contributed by atoms with Gasteiger partial charge in [0.1, 0.15) is 16.9 Å². The van der Waals surface area contributed by atoms with Crippen LogP contribution in [0.3, 0.4) is 0 Å². The molecule has 1 aromatic carbocycles. The van der Waals surface area contributed by atoms with Gasteiger partial charge in [0.2, 0.25) is 0 Å². The minimum Gasteiger partial charge on any atom is -0.487 e. The molecule has 0 aliphatic carbocycles. The molecular weight excluding hydrogens is 373 g/mol. The van der Waals surface area contributed by atoms with Crippen molar-refractivity contribution >= 4 is 46.5 Å². The minimum absolute atomic E-state index is 0.107. The van der Waals surface area contributed by atoms with Crippen LogP contribution >= 0.6 is 34.8 Å². The molecule has 2 amide bonds. The molecule has 24 heavy (non-hydrogen) atoms. The number of ether oxygens (including phenoxy) is 1. The first-order chi connectivity index (χ1) is 11.5. The van der Waals surface area contributed by atoms with Gasteiger partial charge in [0.15, 0.2) is 0 Å². The molecule has 1 aliphatic heterocycles. The lowest BCUT2D eigenvalue weighted by atomic mass is 10.3. The van der Waals surface area contributed by atoms with Crippen molar-refractivity contribution in [1.29, 1.82) is 0 Å². The van der Waals surface area contributed by atoms with E-state index in [0.29, 0.717) is 39.6 Å². The molecule has 2 heterocycles. The molecule has 0 unspecified atom stereocenters. The predicted molar refractivity (Wildman–Crippen MR) is 95.3 cm³/mol. The number of rotatable bonds is 3. The van der Waals surface area contributed by atoms with Crippen molar-refractivity contribution in [2.24, 2.45) is 0 Å². The van der Waals surface area contributed by atoms with Crippen molar-refractivity contribution in [2.45, 2.75) is 12.5 Å². The molecule has 0 radical (unpaired) electrons. The summed E-state index contributed by atoms with van der Waals surface area (Å²) in [4.78, 5) is 17.9. The topological polar surface area (TPSA) is 54.5 Å². The van der Waals surface area contributed by atoms with Crippen molar-refractivity contribution in [1.82, 2.24) is 9.88 Å². The molecular formula is C16H14Cl3N3O2. The molecule has 5 nitrogen and oxygen atoms in total. The van der Waals surface area contributed by atoms with Crippen LogP contribution in [0, 0.1) is 0 Å². The Morgan fingerprint density at radius 3 is 2.79 bits per heavy atom. The van der Waals surface area contributed by atoms with Crippen molar-refractivity contribution in [3.05, 3.63) is 51.7 Å². The van der Waals surface area contributed by atoms with E-state index in [1.165, 1.54) is 6.20 Å². The first-order valence-corrected chi connectivity index (χ1v) is 8.43. The van der Waals surface area contributed by atoms with Gasteiger partial charge in [0, 0.05) is 37.1 Å². The van der Waals surface area contributed by atoms with Crippen LogP contribution in [0.25, 0.3) is 0 Å². The number of hydrogen-bond acceptors (Lipinski definition) is 3. The van der Waals surface area contributed by atoms with E-state index in [1.807, 2.05) is 0 Å². The SMILES string of the molecule is O=C(Nc1ccc(Cl)c(Cl)c1)N1CC[C@@H](Oc2ccncc2Cl)C1. The monoisotopic (exact) mass is 385 g/mol. The largest absolute Gasteiger partial charge is 0.487 e. The van der Waals surface area contributed by atoms with Gasteiger partial charge >= 0.3 is 6.03 Å². The Balaban J connectivity index is 1.57. The molecule has 0 saturated carbocycles. The highest BCUT2D eigenvalue weighted by Gasteiger charge is 2.28. The molecule has 1 fully saturated rings. The van der Waals surface area contributed by atoms with Gasteiger partial charge in [-0.3, -0.25) is 4.98 Å². The zero-order valence-electron chi connectivity index (χ0n) is 12.5. The number of halogens is 3. The van der Waals surface area contributed by atoms with Crippen LogP contribution in [0.2, 0.25) is 15.1 Å². The average Bonchev–Trinajstić information content (AvgIpc) is 3.02. The molecule has 2 aromatic rings. The standard InChI is InChI=1S/C16H14Cl3N3O2/c17-12-2-1-10(7-13(12)18)21-16(23)22-6-4-11(9-22)24-15-3-5-20-8-14(15)19/h1-3,5,7-8,11H,4,6,9H2,(H,21,23)/t11-/m1/s1. The molecule has 0 spiro atoms. The number of carbonyl (C=O) groups excluding carboxylic acids is 1. The second kappa shape index (κ2) is 7.47. The first-order valence-electron chi connectivity index (χ1n) is 7.30. The predicted octanol–water partition coefficient (Wildman–Crippen LogP) is 4.73. The lowest BCUT2D eigenvalue weighted by molar-refractivity contribution is 0.195. The normalized spacial score (nSPS) is 17.0. The number of likely N-dealkylation sites (tertiary alicyclic amines) is 1. The van der Waals surface area contributed by atoms with Crippen LogP contribution in [0.15, 0.2) is 36.7 Å². The molecule has 3 rings (SSSR count). The Morgan fingerprint density at radius 2 is 2.04 bits per heavy atom. The van der Waals surface area contributed by atoms with E-state index in [9.17, 15) is 4.79 Å². The lowest BCUT2D eigenvalue weighted by Crippen LogP contribution is -2.34. The molecule has 1 aromatic heterocycles. The van der Waals surface area contributed by atoms with Crippen LogP contribution in [-0.2, 0) is 0 Å².